The van der Waals surface area contributed by atoms with E-state index in [0.717, 1.165) is 29.4 Å². The van der Waals surface area contributed by atoms with Crippen LogP contribution in [0.25, 0.3) is 0 Å². The zero-order chi connectivity index (χ0) is 12.8. The van der Waals surface area contributed by atoms with Gasteiger partial charge in [-0.1, -0.05) is 17.7 Å². The lowest BCUT2D eigenvalue weighted by molar-refractivity contribution is 0.346. The third-order valence-corrected chi connectivity index (χ3v) is 2.92. The van der Waals surface area contributed by atoms with Crippen LogP contribution >= 0.6 is 11.6 Å². The van der Waals surface area contributed by atoms with Crippen molar-refractivity contribution in [1.29, 1.82) is 0 Å². The molecule has 17 heavy (non-hydrogen) atoms. The molecule has 1 atom stereocenters. The summed E-state index contributed by atoms with van der Waals surface area (Å²) in [5, 5.41) is 4.18. The predicted octanol–water partition coefficient (Wildman–Crippen LogP) is 2.39. The summed E-state index contributed by atoms with van der Waals surface area (Å²) in [5.41, 5.74) is 1.02. The van der Waals surface area contributed by atoms with Crippen LogP contribution in [0.1, 0.15) is 12.5 Å². The summed E-state index contributed by atoms with van der Waals surface area (Å²) in [6.07, 6.45) is 0. The summed E-state index contributed by atoms with van der Waals surface area (Å²) in [7, 11) is 5.79. The molecular formula is C13H21ClN2O. The Labute approximate surface area is 109 Å². The standard InChI is InChI=1S/C13H21ClN2O/c1-10(9-16(2)3)15-8-11-12(14)6-5-7-13(11)17-4/h5-7,10,15H,8-9H2,1-4H3. The molecule has 0 saturated carbocycles. The maximum absolute atomic E-state index is 6.17. The fraction of sp³-hybridized carbons (Fsp3) is 0.538. The normalized spacial score (nSPS) is 12.8. The number of hydrogen-bond donors (Lipinski definition) is 1. The van der Waals surface area contributed by atoms with Gasteiger partial charge in [-0.15, -0.1) is 0 Å². The molecule has 1 aromatic rings. The highest BCUT2D eigenvalue weighted by molar-refractivity contribution is 6.31. The second-order valence-electron chi connectivity index (χ2n) is 4.46. The lowest BCUT2D eigenvalue weighted by atomic mass is 10.2. The van der Waals surface area contributed by atoms with Gasteiger partial charge in [-0.2, -0.15) is 0 Å². The molecule has 0 aliphatic carbocycles. The van der Waals surface area contributed by atoms with Crippen LogP contribution in [0, 0.1) is 0 Å². The predicted molar refractivity (Wildman–Crippen MR) is 72.9 cm³/mol. The highest BCUT2D eigenvalue weighted by atomic mass is 35.5. The van der Waals surface area contributed by atoms with Crippen LogP contribution in [0.2, 0.25) is 5.02 Å². The smallest absolute Gasteiger partial charge is 0.124 e. The first-order valence-corrected chi connectivity index (χ1v) is 6.12. The average molecular weight is 257 g/mol. The first-order chi connectivity index (χ1) is 8.04. The monoisotopic (exact) mass is 256 g/mol. The van der Waals surface area contributed by atoms with Crippen LogP contribution in [0.4, 0.5) is 0 Å². The Morgan fingerprint density at radius 1 is 1.41 bits per heavy atom. The molecule has 0 aromatic heterocycles. The van der Waals surface area contributed by atoms with Crippen molar-refractivity contribution in [2.24, 2.45) is 0 Å². The van der Waals surface area contributed by atoms with E-state index in [9.17, 15) is 0 Å². The summed E-state index contributed by atoms with van der Waals surface area (Å²) in [4.78, 5) is 2.15. The average Bonchev–Trinajstić information content (AvgIpc) is 2.26. The van der Waals surface area contributed by atoms with Crippen molar-refractivity contribution in [3.63, 3.8) is 0 Å². The zero-order valence-electron chi connectivity index (χ0n) is 11.0. The molecule has 0 aliphatic rings. The van der Waals surface area contributed by atoms with Crippen molar-refractivity contribution in [2.75, 3.05) is 27.7 Å². The van der Waals surface area contributed by atoms with E-state index < -0.39 is 0 Å². The number of benzene rings is 1. The van der Waals surface area contributed by atoms with Crippen LogP contribution in [0.5, 0.6) is 5.75 Å². The molecular weight excluding hydrogens is 236 g/mol. The molecule has 0 spiro atoms. The number of nitrogens with one attached hydrogen (secondary N) is 1. The van der Waals surface area contributed by atoms with Gasteiger partial charge in [0.25, 0.3) is 0 Å². The molecule has 0 saturated heterocycles. The lowest BCUT2D eigenvalue weighted by Gasteiger charge is -2.19. The molecule has 0 heterocycles. The molecule has 0 radical (unpaired) electrons. The van der Waals surface area contributed by atoms with Crippen LogP contribution in [-0.2, 0) is 6.54 Å². The first-order valence-electron chi connectivity index (χ1n) is 5.74. The van der Waals surface area contributed by atoms with Crippen LogP contribution in [-0.4, -0.2) is 38.7 Å². The molecule has 0 aliphatic heterocycles. The molecule has 1 aromatic carbocycles. The molecule has 0 bridgehead atoms. The zero-order valence-corrected chi connectivity index (χ0v) is 11.7. The number of nitrogens with zero attached hydrogens (tertiary/aromatic N) is 1. The van der Waals surface area contributed by atoms with E-state index in [-0.39, 0.29) is 0 Å². The van der Waals surface area contributed by atoms with Gasteiger partial charge < -0.3 is 15.0 Å². The highest BCUT2D eigenvalue weighted by Crippen LogP contribution is 2.25. The summed E-state index contributed by atoms with van der Waals surface area (Å²) >= 11 is 6.17. The van der Waals surface area contributed by atoms with Crippen molar-refractivity contribution >= 4 is 11.6 Å². The largest absolute Gasteiger partial charge is 0.496 e. The van der Waals surface area contributed by atoms with Gasteiger partial charge in [0.05, 0.1) is 7.11 Å². The Balaban J connectivity index is 2.62. The van der Waals surface area contributed by atoms with E-state index >= 15 is 0 Å². The minimum absolute atomic E-state index is 0.408. The molecule has 1 rings (SSSR count). The van der Waals surface area contributed by atoms with E-state index in [1.54, 1.807) is 7.11 Å². The Hall–Kier alpha value is -0.770. The van der Waals surface area contributed by atoms with Gasteiger partial charge in [0.2, 0.25) is 0 Å². The summed E-state index contributed by atoms with van der Waals surface area (Å²) < 4.78 is 5.30. The fourth-order valence-corrected chi connectivity index (χ4v) is 2.02. The molecule has 3 nitrogen and oxygen atoms in total. The van der Waals surface area contributed by atoms with Crippen molar-refractivity contribution < 1.29 is 4.74 Å². The van der Waals surface area contributed by atoms with E-state index in [4.69, 9.17) is 16.3 Å². The van der Waals surface area contributed by atoms with E-state index in [1.165, 1.54) is 0 Å². The quantitative estimate of drug-likeness (QED) is 0.846. The van der Waals surface area contributed by atoms with Crippen LogP contribution in [0.3, 0.4) is 0 Å². The Bertz CT molecular complexity index is 355. The molecule has 0 amide bonds. The summed E-state index contributed by atoms with van der Waals surface area (Å²) in [6.45, 7) is 3.87. The second-order valence-corrected chi connectivity index (χ2v) is 4.87. The topological polar surface area (TPSA) is 24.5 Å². The van der Waals surface area contributed by atoms with Gasteiger partial charge >= 0.3 is 0 Å². The van der Waals surface area contributed by atoms with Gasteiger partial charge in [-0.3, -0.25) is 0 Å². The Morgan fingerprint density at radius 2 is 2.12 bits per heavy atom. The number of ether oxygens (including phenoxy) is 1. The number of rotatable bonds is 6. The Kier molecular flexibility index (Phi) is 5.75. The van der Waals surface area contributed by atoms with Crippen molar-refractivity contribution in [2.45, 2.75) is 19.5 Å². The number of likely N-dealkylation sites (N-methyl/N-ethyl adjacent to an activating group) is 1. The fourth-order valence-electron chi connectivity index (χ4n) is 1.79. The van der Waals surface area contributed by atoms with E-state index in [2.05, 4.69) is 31.2 Å². The minimum Gasteiger partial charge on any atom is -0.496 e. The van der Waals surface area contributed by atoms with Gasteiger partial charge in [0.1, 0.15) is 5.75 Å². The summed E-state index contributed by atoms with van der Waals surface area (Å²) in [5.74, 6) is 0.835. The summed E-state index contributed by atoms with van der Waals surface area (Å²) in [6, 6.07) is 6.12. The molecule has 1 unspecified atom stereocenters. The van der Waals surface area contributed by atoms with Crippen molar-refractivity contribution in [3.05, 3.63) is 28.8 Å². The highest BCUT2D eigenvalue weighted by Gasteiger charge is 2.09. The minimum atomic E-state index is 0.408. The van der Waals surface area contributed by atoms with Gasteiger partial charge in [0, 0.05) is 29.7 Å². The first kappa shape index (κ1) is 14.3. The molecule has 96 valence electrons. The second kappa shape index (κ2) is 6.84. The molecule has 4 heteroatoms. The third kappa shape index (κ3) is 4.54. The van der Waals surface area contributed by atoms with Gasteiger partial charge in [0.15, 0.2) is 0 Å². The third-order valence-electron chi connectivity index (χ3n) is 2.56. The number of hydrogen-bond acceptors (Lipinski definition) is 3. The maximum Gasteiger partial charge on any atom is 0.124 e. The van der Waals surface area contributed by atoms with Crippen molar-refractivity contribution in [3.8, 4) is 5.75 Å². The van der Waals surface area contributed by atoms with E-state index in [0.29, 0.717) is 6.04 Å². The maximum atomic E-state index is 6.17. The van der Waals surface area contributed by atoms with Gasteiger partial charge in [-0.25, -0.2) is 0 Å². The number of halogens is 1. The number of methoxy groups -OCH3 is 1. The molecule has 1 N–H and O–H groups in total. The molecule has 0 fully saturated rings. The SMILES string of the molecule is COc1cccc(Cl)c1CNC(C)CN(C)C. The van der Waals surface area contributed by atoms with Crippen LogP contribution < -0.4 is 10.1 Å². The van der Waals surface area contributed by atoms with Crippen molar-refractivity contribution in [1.82, 2.24) is 10.2 Å². The van der Waals surface area contributed by atoms with E-state index in [1.807, 2.05) is 18.2 Å². The Morgan fingerprint density at radius 3 is 2.71 bits per heavy atom. The lowest BCUT2D eigenvalue weighted by Crippen LogP contribution is -2.35. The van der Waals surface area contributed by atoms with Gasteiger partial charge in [-0.05, 0) is 33.2 Å². The van der Waals surface area contributed by atoms with Crippen LogP contribution in [0.15, 0.2) is 18.2 Å².